The van der Waals surface area contributed by atoms with Crippen LogP contribution in [0.25, 0.3) is 0 Å². The van der Waals surface area contributed by atoms with E-state index in [0.29, 0.717) is 5.92 Å². The molecule has 26 heavy (non-hydrogen) atoms. The second kappa shape index (κ2) is 7.16. The molecule has 1 saturated heterocycles. The van der Waals surface area contributed by atoms with E-state index in [1.54, 1.807) is 18.3 Å². The fraction of sp³-hybridized carbons (Fsp3) is 0.429. The van der Waals surface area contributed by atoms with Crippen LogP contribution < -0.4 is 5.32 Å². The Kier molecular flexibility index (Phi) is 4.72. The van der Waals surface area contributed by atoms with E-state index in [2.05, 4.69) is 10.3 Å². The Morgan fingerprint density at radius 1 is 1.19 bits per heavy atom. The van der Waals surface area contributed by atoms with Gasteiger partial charge in [0.2, 0.25) is 5.91 Å². The lowest BCUT2D eigenvalue weighted by molar-refractivity contribution is -0.125. The molecule has 1 aromatic carbocycles. The molecule has 0 radical (unpaired) electrons. The van der Waals surface area contributed by atoms with Gasteiger partial charge in [0, 0.05) is 25.6 Å². The first-order chi connectivity index (χ1) is 12.7. The molecule has 0 spiro atoms. The van der Waals surface area contributed by atoms with Crippen molar-refractivity contribution in [1.82, 2.24) is 10.3 Å². The molecule has 1 aromatic heterocycles. The first kappa shape index (κ1) is 17.2. The van der Waals surface area contributed by atoms with Crippen molar-refractivity contribution in [1.29, 1.82) is 0 Å². The summed E-state index contributed by atoms with van der Waals surface area (Å²) in [6.07, 6.45) is 7.02. The molecule has 1 aliphatic carbocycles. The van der Waals surface area contributed by atoms with Crippen LogP contribution in [0.3, 0.4) is 0 Å². The summed E-state index contributed by atoms with van der Waals surface area (Å²) in [6, 6.07) is 10.2. The van der Waals surface area contributed by atoms with Crippen molar-refractivity contribution in [3.05, 3.63) is 65.7 Å². The van der Waals surface area contributed by atoms with Crippen LogP contribution in [0, 0.1) is 11.7 Å². The van der Waals surface area contributed by atoms with Gasteiger partial charge in [-0.2, -0.15) is 0 Å². The molecule has 4 rings (SSSR count). The molecule has 2 aromatic rings. The maximum atomic E-state index is 13.3. The smallest absolute Gasteiger partial charge is 0.231 e. The molecule has 1 amide bonds. The molecule has 1 unspecified atom stereocenters. The number of hydrogen-bond donors (Lipinski definition) is 1. The van der Waals surface area contributed by atoms with Gasteiger partial charge in [-0.05, 0) is 60.9 Å². The normalized spacial score (nSPS) is 20.3. The van der Waals surface area contributed by atoms with Gasteiger partial charge in [0.25, 0.3) is 0 Å². The third-order valence-corrected chi connectivity index (χ3v) is 5.65. The summed E-state index contributed by atoms with van der Waals surface area (Å²) in [5, 5.41) is 3.29. The summed E-state index contributed by atoms with van der Waals surface area (Å²) in [6.45, 7) is 1.45. The number of carbonyl (C=O) groups excluding carboxylic acids is 1. The molecule has 1 atom stereocenters. The number of nitrogens with zero attached hydrogens (tertiary/aromatic N) is 1. The number of ether oxygens (including phenoxy) is 1. The standard InChI is InChI=1S/C21H23FN2O2/c22-18-5-3-17(4-6-18)21(9-10-21)20(25)24-19(15-7-12-26-13-8-15)16-2-1-11-23-14-16/h1-6,11,14-15,19H,7-10,12-13H2,(H,24,25). The molecule has 0 bridgehead atoms. The molecule has 4 nitrogen and oxygen atoms in total. The molecule has 1 saturated carbocycles. The lowest BCUT2D eigenvalue weighted by atomic mass is 9.86. The van der Waals surface area contributed by atoms with Crippen molar-refractivity contribution in [3.8, 4) is 0 Å². The highest BCUT2D eigenvalue weighted by atomic mass is 19.1. The van der Waals surface area contributed by atoms with Gasteiger partial charge in [-0.25, -0.2) is 4.39 Å². The predicted octanol–water partition coefficient (Wildman–Crippen LogP) is 3.54. The van der Waals surface area contributed by atoms with Crippen LogP contribution in [0.4, 0.5) is 4.39 Å². The highest BCUT2D eigenvalue weighted by molar-refractivity contribution is 5.91. The van der Waals surface area contributed by atoms with Gasteiger partial charge in [-0.1, -0.05) is 18.2 Å². The molecule has 5 heteroatoms. The van der Waals surface area contributed by atoms with E-state index in [9.17, 15) is 9.18 Å². The van der Waals surface area contributed by atoms with E-state index in [0.717, 1.165) is 50.0 Å². The fourth-order valence-corrected chi connectivity index (χ4v) is 3.90. The number of carbonyl (C=O) groups is 1. The Morgan fingerprint density at radius 2 is 1.92 bits per heavy atom. The highest BCUT2D eigenvalue weighted by Crippen LogP contribution is 2.49. The number of amides is 1. The number of hydrogen-bond acceptors (Lipinski definition) is 3. The molecule has 2 aliphatic rings. The van der Waals surface area contributed by atoms with Gasteiger partial charge in [0.15, 0.2) is 0 Å². The van der Waals surface area contributed by atoms with Gasteiger partial charge in [-0.3, -0.25) is 9.78 Å². The Morgan fingerprint density at radius 3 is 2.54 bits per heavy atom. The summed E-state index contributed by atoms with van der Waals surface area (Å²) < 4.78 is 18.7. The molecule has 2 heterocycles. The summed E-state index contributed by atoms with van der Waals surface area (Å²) >= 11 is 0. The third-order valence-electron chi connectivity index (χ3n) is 5.65. The quantitative estimate of drug-likeness (QED) is 0.894. The van der Waals surface area contributed by atoms with E-state index >= 15 is 0 Å². The topological polar surface area (TPSA) is 51.2 Å². The summed E-state index contributed by atoms with van der Waals surface area (Å²) in [5.74, 6) is 0.0887. The van der Waals surface area contributed by atoms with Crippen molar-refractivity contribution in [2.75, 3.05) is 13.2 Å². The number of halogens is 1. The lowest BCUT2D eigenvalue weighted by Crippen LogP contribution is -2.41. The minimum absolute atomic E-state index is 0.0319. The average molecular weight is 354 g/mol. The van der Waals surface area contributed by atoms with E-state index < -0.39 is 5.41 Å². The van der Waals surface area contributed by atoms with Crippen molar-refractivity contribution in [2.45, 2.75) is 37.1 Å². The highest BCUT2D eigenvalue weighted by Gasteiger charge is 2.52. The fourth-order valence-electron chi connectivity index (χ4n) is 3.90. The van der Waals surface area contributed by atoms with Crippen molar-refractivity contribution in [3.63, 3.8) is 0 Å². The zero-order valence-corrected chi connectivity index (χ0v) is 14.7. The SMILES string of the molecule is O=C(NC(c1cccnc1)C1CCOCC1)C1(c2ccc(F)cc2)CC1. The Balaban J connectivity index is 1.57. The van der Waals surface area contributed by atoms with Crippen LogP contribution in [-0.2, 0) is 14.9 Å². The number of nitrogens with one attached hydrogen (secondary N) is 1. The third kappa shape index (κ3) is 3.36. The van der Waals surface area contributed by atoms with E-state index in [1.807, 2.05) is 18.3 Å². The van der Waals surface area contributed by atoms with Gasteiger partial charge in [0.1, 0.15) is 5.82 Å². The van der Waals surface area contributed by atoms with Crippen molar-refractivity contribution in [2.24, 2.45) is 5.92 Å². The predicted molar refractivity (Wildman–Crippen MR) is 96.0 cm³/mol. The molecule has 1 aliphatic heterocycles. The molecule has 1 N–H and O–H groups in total. The monoisotopic (exact) mass is 354 g/mol. The first-order valence-electron chi connectivity index (χ1n) is 9.24. The maximum absolute atomic E-state index is 13.3. The zero-order valence-electron chi connectivity index (χ0n) is 14.7. The molecule has 136 valence electrons. The molecular weight excluding hydrogens is 331 g/mol. The maximum Gasteiger partial charge on any atom is 0.231 e. The van der Waals surface area contributed by atoms with Crippen LogP contribution in [0.1, 0.15) is 42.9 Å². The largest absolute Gasteiger partial charge is 0.381 e. The van der Waals surface area contributed by atoms with E-state index in [4.69, 9.17) is 4.74 Å². The minimum atomic E-state index is -0.515. The van der Waals surface area contributed by atoms with Crippen LogP contribution in [0.5, 0.6) is 0 Å². The van der Waals surface area contributed by atoms with Crippen LogP contribution >= 0.6 is 0 Å². The lowest BCUT2D eigenvalue weighted by Gasteiger charge is -2.32. The number of benzene rings is 1. The Labute approximate surface area is 152 Å². The van der Waals surface area contributed by atoms with Crippen molar-refractivity contribution >= 4 is 5.91 Å². The second-order valence-corrected chi connectivity index (χ2v) is 7.28. The minimum Gasteiger partial charge on any atom is -0.381 e. The van der Waals surface area contributed by atoms with Crippen LogP contribution in [0.15, 0.2) is 48.8 Å². The van der Waals surface area contributed by atoms with Crippen LogP contribution in [-0.4, -0.2) is 24.1 Å². The van der Waals surface area contributed by atoms with Crippen molar-refractivity contribution < 1.29 is 13.9 Å². The summed E-state index contributed by atoms with van der Waals surface area (Å²) in [4.78, 5) is 17.4. The van der Waals surface area contributed by atoms with Gasteiger partial charge in [-0.15, -0.1) is 0 Å². The van der Waals surface area contributed by atoms with Gasteiger partial charge >= 0.3 is 0 Å². The van der Waals surface area contributed by atoms with Gasteiger partial charge in [0.05, 0.1) is 11.5 Å². The molecular formula is C21H23FN2O2. The number of pyridine rings is 1. The summed E-state index contributed by atoms with van der Waals surface area (Å²) in [5.41, 5.74) is 1.41. The Hall–Kier alpha value is -2.27. The molecule has 2 fully saturated rings. The van der Waals surface area contributed by atoms with Crippen LogP contribution in [0.2, 0.25) is 0 Å². The second-order valence-electron chi connectivity index (χ2n) is 7.28. The number of aromatic nitrogens is 1. The first-order valence-corrected chi connectivity index (χ1v) is 9.24. The summed E-state index contributed by atoms with van der Waals surface area (Å²) in [7, 11) is 0. The average Bonchev–Trinajstić information content (AvgIpc) is 3.50. The zero-order chi connectivity index (χ0) is 18.0. The van der Waals surface area contributed by atoms with Gasteiger partial charge < -0.3 is 10.1 Å². The van der Waals surface area contributed by atoms with E-state index in [1.165, 1.54) is 12.1 Å². The Bertz CT molecular complexity index is 753. The number of rotatable bonds is 5. The van der Waals surface area contributed by atoms with E-state index in [-0.39, 0.29) is 17.8 Å².